The van der Waals surface area contributed by atoms with Crippen LogP contribution in [0.2, 0.25) is 0 Å². The highest BCUT2D eigenvalue weighted by Gasteiger charge is 2.42. The Morgan fingerprint density at radius 1 is 1.30 bits per heavy atom. The third-order valence-corrected chi connectivity index (χ3v) is 3.54. The van der Waals surface area contributed by atoms with Gasteiger partial charge >= 0.3 is 12.0 Å². The van der Waals surface area contributed by atoms with Crippen molar-refractivity contribution in [1.29, 1.82) is 0 Å². The zero-order valence-corrected chi connectivity index (χ0v) is 12.3. The Morgan fingerprint density at radius 3 is 2.55 bits per heavy atom. The molecule has 3 amide bonds. The first-order valence-electron chi connectivity index (χ1n) is 6.79. The summed E-state index contributed by atoms with van der Waals surface area (Å²) in [6, 6.07) is -0.272. The minimum atomic E-state index is -0.849. The number of rotatable bonds is 5. The van der Waals surface area contributed by atoms with Crippen molar-refractivity contribution < 1.29 is 19.5 Å². The van der Waals surface area contributed by atoms with Crippen molar-refractivity contribution in [2.75, 3.05) is 26.7 Å². The van der Waals surface area contributed by atoms with Crippen LogP contribution in [0.1, 0.15) is 33.1 Å². The van der Waals surface area contributed by atoms with Crippen molar-refractivity contribution in [2.45, 2.75) is 38.6 Å². The molecule has 0 spiro atoms. The number of amides is 3. The van der Waals surface area contributed by atoms with Gasteiger partial charge < -0.3 is 20.2 Å². The van der Waals surface area contributed by atoms with Crippen molar-refractivity contribution in [1.82, 2.24) is 15.1 Å². The summed E-state index contributed by atoms with van der Waals surface area (Å²) in [6.45, 7) is 4.90. The maximum Gasteiger partial charge on any atom is 0.318 e. The molecule has 0 aromatic heterocycles. The molecular formula is C13H23N3O4. The van der Waals surface area contributed by atoms with Gasteiger partial charge in [0, 0.05) is 33.1 Å². The lowest BCUT2D eigenvalue weighted by Crippen LogP contribution is -2.65. The number of carboxylic acids is 1. The summed E-state index contributed by atoms with van der Waals surface area (Å²) in [5.41, 5.74) is -0.849. The van der Waals surface area contributed by atoms with Crippen molar-refractivity contribution >= 4 is 17.9 Å². The highest BCUT2D eigenvalue weighted by Crippen LogP contribution is 2.21. The highest BCUT2D eigenvalue weighted by atomic mass is 16.4. The van der Waals surface area contributed by atoms with Gasteiger partial charge in [0.2, 0.25) is 5.91 Å². The second kappa shape index (κ2) is 6.58. The third-order valence-electron chi connectivity index (χ3n) is 3.54. The summed E-state index contributed by atoms with van der Waals surface area (Å²) in [4.78, 5) is 37.7. The molecule has 0 aliphatic carbocycles. The maximum atomic E-state index is 12.1. The number of hydrogen-bond donors (Lipinski definition) is 2. The van der Waals surface area contributed by atoms with Crippen molar-refractivity contribution in [3.05, 3.63) is 0 Å². The summed E-state index contributed by atoms with van der Waals surface area (Å²) in [5.74, 6) is -0.910. The summed E-state index contributed by atoms with van der Waals surface area (Å²) < 4.78 is 0. The Hall–Kier alpha value is -1.79. The van der Waals surface area contributed by atoms with Gasteiger partial charge in [0.05, 0.1) is 0 Å². The molecule has 1 rings (SSSR count). The van der Waals surface area contributed by atoms with Gasteiger partial charge in [-0.25, -0.2) is 4.79 Å². The molecule has 0 aromatic carbocycles. The normalized spacial score (nSPS) is 18.1. The summed E-state index contributed by atoms with van der Waals surface area (Å²) >= 11 is 0. The molecule has 1 fully saturated rings. The molecule has 1 aliphatic rings. The van der Waals surface area contributed by atoms with Crippen LogP contribution < -0.4 is 5.32 Å². The highest BCUT2D eigenvalue weighted by molar-refractivity contribution is 5.91. The fourth-order valence-corrected chi connectivity index (χ4v) is 2.26. The number of aliphatic carboxylic acids is 1. The minimum absolute atomic E-state index is 0.0789. The Bertz CT molecular complexity index is 395. The summed E-state index contributed by atoms with van der Waals surface area (Å²) in [6.07, 6.45) is 1.25. The van der Waals surface area contributed by atoms with E-state index in [2.05, 4.69) is 5.32 Å². The van der Waals surface area contributed by atoms with Gasteiger partial charge in [-0.1, -0.05) is 0 Å². The van der Waals surface area contributed by atoms with E-state index in [0.717, 1.165) is 0 Å². The SMILES string of the molecule is CN1CCN(C(=O)NCCCCC(=O)O)C(C)(C)C1=O. The molecule has 0 atom stereocenters. The Labute approximate surface area is 118 Å². The first-order chi connectivity index (χ1) is 9.26. The molecule has 0 aromatic rings. The van der Waals surface area contributed by atoms with Crippen molar-refractivity contribution in [2.24, 2.45) is 0 Å². The molecule has 1 saturated heterocycles. The number of urea groups is 1. The Balaban J connectivity index is 2.43. The van der Waals surface area contributed by atoms with Crippen LogP contribution in [0.4, 0.5) is 4.79 Å². The van der Waals surface area contributed by atoms with E-state index in [-0.39, 0.29) is 18.4 Å². The second-order valence-corrected chi connectivity index (χ2v) is 5.52. The van der Waals surface area contributed by atoms with Crippen molar-refractivity contribution in [3.63, 3.8) is 0 Å². The smallest absolute Gasteiger partial charge is 0.318 e. The molecule has 7 nitrogen and oxygen atoms in total. The minimum Gasteiger partial charge on any atom is -0.481 e. The van der Waals surface area contributed by atoms with E-state index in [0.29, 0.717) is 32.5 Å². The molecule has 1 heterocycles. The molecule has 0 unspecified atom stereocenters. The van der Waals surface area contributed by atoms with Gasteiger partial charge in [-0.15, -0.1) is 0 Å². The first-order valence-corrected chi connectivity index (χ1v) is 6.79. The molecule has 0 saturated carbocycles. The summed E-state index contributed by atoms with van der Waals surface area (Å²) in [5, 5.41) is 11.3. The predicted molar refractivity (Wildman–Crippen MR) is 73.3 cm³/mol. The molecule has 0 bridgehead atoms. The zero-order chi connectivity index (χ0) is 15.3. The molecule has 114 valence electrons. The number of nitrogens with zero attached hydrogens (tertiary/aromatic N) is 2. The van der Waals surface area contributed by atoms with Crippen LogP contribution in [0.5, 0.6) is 0 Å². The number of piperazine rings is 1. The Kier molecular flexibility index (Phi) is 5.35. The maximum absolute atomic E-state index is 12.1. The monoisotopic (exact) mass is 285 g/mol. The average Bonchev–Trinajstić information content (AvgIpc) is 2.35. The zero-order valence-electron chi connectivity index (χ0n) is 12.3. The van der Waals surface area contributed by atoms with Crippen LogP contribution in [0.3, 0.4) is 0 Å². The molecular weight excluding hydrogens is 262 g/mol. The van der Waals surface area contributed by atoms with Gasteiger partial charge in [-0.05, 0) is 26.7 Å². The number of hydrogen-bond acceptors (Lipinski definition) is 3. The lowest BCUT2D eigenvalue weighted by atomic mass is 9.98. The van der Waals surface area contributed by atoms with Crippen LogP contribution in [0.25, 0.3) is 0 Å². The Morgan fingerprint density at radius 2 is 1.95 bits per heavy atom. The largest absolute Gasteiger partial charge is 0.481 e. The van der Waals surface area contributed by atoms with Crippen LogP contribution in [0.15, 0.2) is 0 Å². The van der Waals surface area contributed by atoms with E-state index in [1.54, 1.807) is 25.8 Å². The van der Waals surface area contributed by atoms with Gasteiger partial charge in [0.1, 0.15) is 5.54 Å². The predicted octanol–water partition coefficient (Wildman–Crippen LogP) is 0.503. The van der Waals surface area contributed by atoms with E-state index < -0.39 is 11.5 Å². The quantitative estimate of drug-likeness (QED) is 0.720. The number of carbonyl (C=O) groups excluding carboxylic acids is 2. The first kappa shape index (κ1) is 16.3. The van der Waals surface area contributed by atoms with Crippen LogP contribution in [-0.4, -0.2) is 65.0 Å². The van der Waals surface area contributed by atoms with Crippen LogP contribution in [-0.2, 0) is 9.59 Å². The average molecular weight is 285 g/mol. The van der Waals surface area contributed by atoms with Gasteiger partial charge in [0.25, 0.3) is 0 Å². The number of carboxylic acid groups (broad SMARTS) is 1. The third kappa shape index (κ3) is 3.85. The molecule has 20 heavy (non-hydrogen) atoms. The van der Waals surface area contributed by atoms with E-state index in [4.69, 9.17) is 5.11 Å². The van der Waals surface area contributed by atoms with Crippen LogP contribution >= 0.6 is 0 Å². The topological polar surface area (TPSA) is 89.9 Å². The molecule has 0 radical (unpaired) electrons. The van der Waals surface area contributed by atoms with E-state index in [1.807, 2.05) is 0 Å². The molecule has 2 N–H and O–H groups in total. The standard InChI is InChI=1S/C13H23N3O4/c1-13(2)11(19)15(3)8-9-16(13)12(20)14-7-5-4-6-10(17)18/h4-9H2,1-3H3,(H,14,20)(H,17,18). The van der Waals surface area contributed by atoms with E-state index in [1.165, 1.54) is 4.90 Å². The van der Waals surface area contributed by atoms with Gasteiger partial charge in [-0.2, -0.15) is 0 Å². The van der Waals surface area contributed by atoms with E-state index >= 15 is 0 Å². The van der Waals surface area contributed by atoms with Crippen LogP contribution in [0, 0.1) is 0 Å². The summed E-state index contributed by atoms with van der Waals surface area (Å²) in [7, 11) is 1.73. The number of unbranched alkanes of at least 4 members (excludes halogenated alkanes) is 1. The van der Waals surface area contributed by atoms with Gasteiger partial charge in [-0.3, -0.25) is 9.59 Å². The van der Waals surface area contributed by atoms with Crippen molar-refractivity contribution in [3.8, 4) is 0 Å². The fraction of sp³-hybridized carbons (Fsp3) is 0.769. The molecule has 1 aliphatic heterocycles. The van der Waals surface area contributed by atoms with Gasteiger partial charge in [0.15, 0.2) is 0 Å². The molecule has 7 heteroatoms. The number of carbonyl (C=O) groups is 3. The lowest BCUT2D eigenvalue weighted by Gasteiger charge is -2.44. The lowest BCUT2D eigenvalue weighted by molar-refractivity contribution is -0.144. The second-order valence-electron chi connectivity index (χ2n) is 5.52. The fourth-order valence-electron chi connectivity index (χ4n) is 2.26. The number of likely N-dealkylation sites (N-methyl/N-ethyl adjacent to an activating group) is 1. The van der Waals surface area contributed by atoms with E-state index in [9.17, 15) is 14.4 Å². The number of nitrogens with one attached hydrogen (secondary N) is 1.